The molecule has 72 valence electrons. The van der Waals surface area contributed by atoms with Crippen LogP contribution >= 0.6 is 0 Å². The number of rotatable bonds is 4. The van der Waals surface area contributed by atoms with E-state index < -0.39 is 0 Å². The van der Waals surface area contributed by atoms with Gasteiger partial charge in [0.1, 0.15) is 0 Å². The molecular formula is C10H20O2. The zero-order valence-electron chi connectivity index (χ0n) is 7.96. The third kappa shape index (κ3) is 3.11. The van der Waals surface area contributed by atoms with Crippen molar-refractivity contribution in [2.45, 2.75) is 45.1 Å². The normalized spacial score (nSPS) is 30.5. The van der Waals surface area contributed by atoms with Crippen molar-refractivity contribution in [1.82, 2.24) is 0 Å². The van der Waals surface area contributed by atoms with Crippen molar-refractivity contribution in [2.24, 2.45) is 5.92 Å². The fourth-order valence-electron chi connectivity index (χ4n) is 1.83. The van der Waals surface area contributed by atoms with Crippen LogP contribution in [-0.4, -0.2) is 24.4 Å². The van der Waals surface area contributed by atoms with E-state index in [9.17, 15) is 0 Å². The Bertz CT molecular complexity index is 114. The number of ether oxygens (including phenoxy) is 1. The van der Waals surface area contributed by atoms with Crippen LogP contribution in [0.15, 0.2) is 0 Å². The van der Waals surface area contributed by atoms with Crippen molar-refractivity contribution >= 4 is 0 Å². The van der Waals surface area contributed by atoms with E-state index in [1.54, 1.807) is 0 Å². The summed E-state index contributed by atoms with van der Waals surface area (Å²) in [6.07, 6.45) is 6.44. The van der Waals surface area contributed by atoms with Gasteiger partial charge in [0.15, 0.2) is 0 Å². The molecule has 1 aliphatic rings. The molecule has 1 fully saturated rings. The van der Waals surface area contributed by atoms with Crippen molar-refractivity contribution in [3.63, 3.8) is 0 Å². The Balaban J connectivity index is 2.11. The summed E-state index contributed by atoms with van der Waals surface area (Å²) in [5.74, 6) is 0.720. The molecule has 1 rings (SSSR count). The lowest BCUT2D eigenvalue weighted by Crippen LogP contribution is -2.26. The molecule has 2 unspecified atom stereocenters. The van der Waals surface area contributed by atoms with Crippen LogP contribution in [0.25, 0.3) is 0 Å². The average Bonchev–Trinajstić information content (AvgIpc) is 2.09. The first-order valence-electron chi connectivity index (χ1n) is 5.07. The van der Waals surface area contributed by atoms with Gasteiger partial charge in [0, 0.05) is 13.2 Å². The van der Waals surface area contributed by atoms with E-state index in [0.29, 0.717) is 6.10 Å². The predicted octanol–water partition coefficient (Wildman–Crippen LogP) is 1.96. The van der Waals surface area contributed by atoms with E-state index >= 15 is 0 Å². The molecule has 0 bridgehead atoms. The van der Waals surface area contributed by atoms with Crippen LogP contribution in [0.1, 0.15) is 39.0 Å². The number of aliphatic hydroxyl groups is 1. The molecule has 0 aliphatic heterocycles. The van der Waals surface area contributed by atoms with Crippen molar-refractivity contribution in [1.29, 1.82) is 0 Å². The van der Waals surface area contributed by atoms with E-state index in [1.807, 2.05) is 0 Å². The van der Waals surface area contributed by atoms with Crippen molar-refractivity contribution in [3.8, 4) is 0 Å². The van der Waals surface area contributed by atoms with Gasteiger partial charge in [-0.2, -0.15) is 0 Å². The summed E-state index contributed by atoms with van der Waals surface area (Å²) < 4.78 is 5.68. The van der Waals surface area contributed by atoms with Crippen molar-refractivity contribution in [2.75, 3.05) is 13.2 Å². The average molecular weight is 172 g/mol. The molecule has 12 heavy (non-hydrogen) atoms. The van der Waals surface area contributed by atoms with Crippen molar-refractivity contribution in [3.05, 3.63) is 0 Å². The quantitative estimate of drug-likeness (QED) is 0.657. The van der Waals surface area contributed by atoms with Gasteiger partial charge in [0.05, 0.1) is 6.10 Å². The first-order valence-corrected chi connectivity index (χ1v) is 5.07. The molecule has 1 N–H and O–H groups in total. The summed E-state index contributed by atoms with van der Waals surface area (Å²) in [4.78, 5) is 0. The van der Waals surface area contributed by atoms with Crippen LogP contribution in [0.2, 0.25) is 0 Å². The lowest BCUT2D eigenvalue weighted by Gasteiger charge is -2.28. The van der Waals surface area contributed by atoms with Crippen LogP contribution in [0.3, 0.4) is 0 Å². The second-order valence-corrected chi connectivity index (χ2v) is 3.75. The minimum absolute atomic E-state index is 0.251. The maximum absolute atomic E-state index is 8.58. The van der Waals surface area contributed by atoms with E-state index in [0.717, 1.165) is 18.9 Å². The largest absolute Gasteiger partial charge is 0.396 e. The first-order chi connectivity index (χ1) is 5.84. The highest BCUT2D eigenvalue weighted by Crippen LogP contribution is 2.26. The van der Waals surface area contributed by atoms with Crippen LogP contribution in [0.4, 0.5) is 0 Å². The summed E-state index contributed by atoms with van der Waals surface area (Å²) in [6, 6.07) is 0. The Morgan fingerprint density at radius 2 is 2.08 bits per heavy atom. The predicted molar refractivity (Wildman–Crippen MR) is 49.1 cm³/mol. The van der Waals surface area contributed by atoms with E-state index in [4.69, 9.17) is 9.84 Å². The molecule has 0 amide bonds. The third-order valence-electron chi connectivity index (χ3n) is 2.67. The Morgan fingerprint density at radius 1 is 1.33 bits per heavy atom. The van der Waals surface area contributed by atoms with Crippen LogP contribution in [0.5, 0.6) is 0 Å². The molecule has 1 aliphatic carbocycles. The summed E-state index contributed by atoms with van der Waals surface area (Å²) in [5.41, 5.74) is 0. The Kier molecular flexibility index (Phi) is 4.62. The lowest BCUT2D eigenvalue weighted by molar-refractivity contribution is -0.00999. The SMILES string of the molecule is CC1CCCCC1OCCCO. The van der Waals surface area contributed by atoms with Gasteiger partial charge in [-0.05, 0) is 25.2 Å². The number of hydrogen-bond donors (Lipinski definition) is 1. The molecule has 2 atom stereocenters. The van der Waals surface area contributed by atoms with Gasteiger partial charge in [-0.1, -0.05) is 19.8 Å². The highest BCUT2D eigenvalue weighted by atomic mass is 16.5. The smallest absolute Gasteiger partial charge is 0.0600 e. The maximum Gasteiger partial charge on any atom is 0.0600 e. The summed E-state index contributed by atoms with van der Waals surface area (Å²) in [7, 11) is 0. The molecule has 0 aromatic rings. The van der Waals surface area contributed by atoms with Gasteiger partial charge in [-0.15, -0.1) is 0 Å². The zero-order chi connectivity index (χ0) is 8.81. The number of aliphatic hydroxyl groups excluding tert-OH is 1. The molecule has 0 saturated heterocycles. The molecule has 0 aromatic heterocycles. The molecule has 1 saturated carbocycles. The highest BCUT2D eigenvalue weighted by Gasteiger charge is 2.21. The van der Waals surface area contributed by atoms with Crippen molar-refractivity contribution < 1.29 is 9.84 Å². The summed E-state index contributed by atoms with van der Waals surface area (Å²) in [6.45, 7) is 3.25. The minimum atomic E-state index is 0.251. The monoisotopic (exact) mass is 172 g/mol. The van der Waals surface area contributed by atoms with E-state index in [-0.39, 0.29) is 6.61 Å². The topological polar surface area (TPSA) is 29.5 Å². The van der Waals surface area contributed by atoms with E-state index in [2.05, 4.69) is 6.92 Å². The van der Waals surface area contributed by atoms with Gasteiger partial charge < -0.3 is 9.84 Å². The van der Waals surface area contributed by atoms with Gasteiger partial charge in [-0.3, -0.25) is 0 Å². The standard InChI is InChI=1S/C10H20O2/c1-9-5-2-3-6-10(9)12-8-4-7-11/h9-11H,2-8H2,1H3. The highest BCUT2D eigenvalue weighted by molar-refractivity contribution is 4.72. The summed E-state index contributed by atoms with van der Waals surface area (Å²) >= 11 is 0. The molecule has 2 nitrogen and oxygen atoms in total. The first kappa shape index (κ1) is 10.0. The Labute approximate surface area is 74.9 Å². The molecule has 0 heterocycles. The second kappa shape index (κ2) is 5.55. The fraction of sp³-hybridized carbons (Fsp3) is 1.00. The van der Waals surface area contributed by atoms with Gasteiger partial charge >= 0.3 is 0 Å². The number of hydrogen-bond acceptors (Lipinski definition) is 2. The Hall–Kier alpha value is -0.0800. The zero-order valence-corrected chi connectivity index (χ0v) is 7.96. The minimum Gasteiger partial charge on any atom is -0.396 e. The Morgan fingerprint density at radius 3 is 2.75 bits per heavy atom. The molecule has 0 aromatic carbocycles. The fourth-order valence-corrected chi connectivity index (χ4v) is 1.83. The molecule has 0 radical (unpaired) electrons. The van der Waals surface area contributed by atoms with Gasteiger partial charge in [-0.25, -0.2) is 0 Å². The van der Waals surface area contributed by atoms with E-state index in [1.165, 1.54) is 25.7 Å². The molecular weight excluding hydrogens is 152 g/mol. The van der Waals surface area contributed by atoms with Gasteiger partial charge in [0.25, 0.3) is 0 Å². The van der Waals surface area contributed by atoms with Crippen LogP contribution in [-0.2, 0) is 4.74 Å². The third-order valence-corrected chi connectivity index (χ3v) is 2.67. The van der Waals surface area contributed by atoms with Crippen LogP contribution in [0, 0.1) is 5.92 Å². The molecule has 2 heteroatoms. The van der Waals surface area contributed by atoms with Crippen LogP contribution < -0.4 is 0 Å². The second-order valence-electron chi connectivity index (χ2n) is 3.75. The lowest BCUT2D eigenvalue weighted by atomic mass is 9.88. The molecule has 0 spiro atoms. The maximum atomic E-state index is 8.58. The summed E-state index contributed by atoms with van der Waals surface area (Å²) in [5, 5.41) is 8.58. The van der Waals surface area contributed by atoms with Gasteiger partial charge in [0.2, 0.25) is 0 Å².